The summed E-state index contributed by atoms with van der Waals surface area (Å²) in [6, 6.07) is 9.37. The third-order valence-electron chi connectivity index (χ3n) is 3.17. The Kier molecular flexibility index (Phi) is 4.16. The number of benzene rings is 1. The smallest absolute Gasteiger partial charge is 0.242 e. The molecule has 1 heterocycles. The predicted octanol–water partition coefficient (Wildman–Crippen LogP) is 2.81. The number of nitrogens with one attached hydrogen (secondary N) is 1. The summed E-state index contributed by atoms with van der Waals surface area (Å²) in [4.78, 5) is -0.0165. The van der Waals surface area contributed by atoms with Gasteiger partial charge < -0.3 is 4.42 Å². The largest absolute Gasteiger partial charge is 0.466 e. The normalized spacial score (nSPS) is 12.9. The number of nitriles is 1. The maximum atomic E-state index is 12.4. The van der Waals surface area contributed by atoms with Crippen LogP contribution in [0.2, 0.25) is 0 Å². The van der Waals surface area contributed by atoms with Gasteiger partial charge in [-0.15, -0.1) is 0 Å². The molecule has 110 valence electrons. The lowest BCUT2D eigenvalue weighted by atomic mass is 10.1. The first kappa shape index (κ1) is 15.3. The molecule has 0 aliphatic heterocycles. The molecule has 0 bridgehead atoms. The Balaban J connectivity index is 2.34. The topological polar surface area (TPSA) is 83.1 Å². The molecule has 2 aromatic rings. The van der Waals surface area contributed by atoms with Crippen LogP contribution in [0.1, 0.15) is 35.6 Å². The van der Waals surface area contributed by atoms with Crippen LogP contribution in [0.5, 0.6) is 0 Å². The Labute approximate surface area is 124 Å². The summed E-state index contributed by atoms with van der Waals surface area (Å²) < 4.78 is 32.8. The van der Waals surface area contributed by atoms with Gasteiger partial charge in [-0.05, 0) is 39.0 Å². The summed E-state index contributed by atoms with van der Waals surface area (Å²) in [5.41, 5.74) is 0.905. The zero-order chi connectivity index (χ0) is 15.6. The molecule has 0 amide bonds. The van der Waals surface area contributed by atoms with Crippen molar-refractivity contribution >= 4 is 10.0 Å². The Morgan fingerprint density at radius 2 is 1.95 bits per heavy atom. The third-order valence-corrected chi connectivity index (χ3v) is 4.77. The van der Waals surface area contributed by atoms with Crippen LogP contribution in [-0.4, -0.2) is 8.42 Å². The second kappa shape index (κ2) is 5.72. The molecule has 0 spiro atoms. The van der Waals surface area contributed by atoms with Gasteiger partial charge in [0.25, 0.3) is 0 Å². The second-order valence-electron chi connectivity index (χ2n) is 4.82. The van der Waals surface area contributed by atoms with Crippen LogP contribution in [-0.2, 0) is 10.0 Å². The molecule has 1 aromatic carbocycles. The first-order valence-electron chi connectivity index (χ1n) is 6.43. The fourth-order valence-corrected chi connectivity index (χ4v) is 3.61. The van der Waals surface area contributed by atoms with E-state index in [-0.39, 0.29) is 10.5 Å². The average Bonchev–Trinajstić information content (AvgIpc) is 2.77. The number of furan rings is 1. The number of sulfonamides is 1. The first-order chi connectivity index (χ1) is 9.85. The van der Waals surface area contributed by atoms with Crippen LogP contribution < -0.4 is 4.72 Å². The Bertz CT molecular complexity index is 801. The van der Waals surface area contributed by atoms with Crippen LogP contribution >= 0.6 is 0 Å². The molecule has 1 N–H and O–H groups in total. The summed E-state index contributed by atoms with van der Waals surface area (Å²) >= 11 is 0. The first-order valence-corrected chi connectivity index (χ1v) is 7.92. The average molecular weight is 304 g/mol. The van der Waals surface area contributed by atoms with E-state index >= 15 is 0 Å². The number of aryl methyl sites for hydroxylation is 2. The lowest BCUT2D eigenvalue weighted by Crippen LogP contribution is -2.27. The summed E-state index contributed by atoms with van der Waals surface area (Å²) in [6.07, 6.45) is 0. The summed E-state index contributed by atoms with van der Waals surface area (Å²) in [6.45, 7) is 5.34. The van der Waals surface area contributed by atoms with Crippen molar-refractivity contribution in [3.05, 3.63) is 53.0 Å². The summed E-state index contributed by atoms with van der Waals surface area (Å²) in [7, 11) is -3.77. The molecule has 0 saturated heterocycles. The number of hydrogen-bond donors (Lipinski definition) is 1. The van der Waals surface area contributed by atoms with Gasteiger partial charge in [0.05, 0.1) is 10.5 Å². The minimum absolute atomic E-state index is 0.0165. The van der Waals surface area contributed by atoms with Gasteiger partial charge >= 0.3 is 0 Å². The van der Waals surface area contributed by atoms with Gasteiger partial charge in [-0.25, -0.2) is 13.1 Å². The zero-order valence-corrected chi connectivity index (χ0v) is 12.9. The molecule has 0 saturated carbocycles. The van der Waals surface area contributed by atoms with E-state index in [0.29, 0.717) is 5.76 Å². The molecule has 1 aromatic heterocycles. The van der Waals surface area contributed by atoms with Crippen LogP contribution in [0.4, 0.5) is 0 Å². The minimum Gasteiger partial charge on any atom is -0.466 e. The van der Waals surface area contributed by atoms with Crippen molar-refractivity contribution < 1.29 is 12.8 Å². The standard InChI is InChI=1S/C15H16N2O3S/c1-10-8-14(12(3)20-10)11(2)17-21(18,19)15-7-5-4-6-13(15)9-16/h4-8,11,17H,1-3H3. The van der Waals surface area contributed by atoms with Crippen molar-refractivity contribution in [2.24, 2.45) is 0 Å². The van der Waals surface area contributed by atoms with Gasteiger partial charge in [0.2, 0.25) is 10.0 Å². The second-order valence-corrected chi connectivity index (χ2v) is 6.50. The van der Waals surface area contributed by atoms with E-state index in [9.17, 15) is 8.42 Å². The lowest BCUT2D eigenvalue weighted by molar-refractivity contribution is 0.496. The van der Waals surface area contributed by atoms with Crippen LogP contribution in [0.25, 0.3) is 0 Å². The Morgan fingerprint density at radius 3 is 2.52 bits per heavy atom. The fraction of sp³-hybridized carbons (Fsp3) is 0.267. The predicted molar refractivity (Wildman–Crippen MR) is 78.1 cm³/mol. The number of hydrogen-bond acceptors (Lipinski definition) is 4. The van der Waals surface area contributed by atoms with E-state index in [2.05, 4.69) is 4.72 Å². The molecular formula is C15H16N2O3S. The maximum Gasteiger partial charge on any atom is 0.242 e. The molecule has 0 aliphatic rings. The summed E-state index contributed by atoms with van der Waals surface area (Å²) in [5.74, 6) is 1.40. The molecule has 5 nitrogen and oxygen atoms in total. The molecule has 1 unspecified atom stereocenters. The number of nitrogens with zero attached hydrogens (tertiary/aromatic N) is 1. The molecule has 6 heteroatoms. The van der Waals surface area contributed by atoms with Crippen molar-refractivity contribution in [1.29, 1.82) is 5.26 Å². The molecular weight excluding hydrogens is 288 g/mol. The van der Waals surface area contributed by atoms with Crippen molar-refractivity contribution in [2.45, 2.75) is 31.7 Å². The molecule has 0 aliphatic carbocycles. The van der Waals surface area contributed by atoms with Gasteiger partial charge in [-0.1, -0.05) is 12.1 Å². The zero-order valence-electron chi connectivity index (χ0n) is 12.0. The van der Waals surface area contributed by atoms with Crippen LogP contribution in [0.3, 0.4) is 0 Å². The summed E-state index contributed by atoms with van der Waals surface area (Å²) in [5, 5.41) is 9.02. The van der Waals surface area contributed by atoms with Gasteiger partial charge in [-0.2, -0.15) is 5.26 Å². The van der Waals surface area contributed by atoms with Crippen LogP contribution in [0, 0.1) is 25.2 Å². The van der Waals surface area contributed by atoms with Gasteiger partial charge in [-0.3, -0.25) is 0 Å². The van der Waals surface area contributed by atoms with E-state index in [4.69, 9.17) is 9.68 Å². The van der Waals surface area contributed by atoms with E-state index in [1.165, 1.54) is 12.1 Å². The molecule has 21 heavy (non-hydrogen) atoms. The maximum absolute atomic E-state index is 12.4. The molecule has 0 fully saturated rings. The number of rotatable bonds is 4. The fourth-order valence-electron chi connectivity index (χ4n) is 2.23. The highest BCUT2D eigenvalue weighted by molar-refractivity contribution is 7.89. The highest BCUT2D eigenvalue weighted by Crippen LogP contribution is 2.24. The van der Waals surface area contributed by atoms with Gasteiger partial charge in [0, 0.05) is 11.6 Å². The van der Waals surface area contributed by atoms with E-state index in [1.54, 1.807) is 32.0 Å². The Hall–Kier alpha value is -2.10. The molecule has 1 atom stereocenters. The molecule has 2 rings (SSSR count). The SMILES string of the molecule is Cc1cc(C(C)NS(=O)(=O)c2ccccc2C#N)c(C)o1. The highest BCUT2D eigenvalue weighted by Gasteiger charge is 2.23. The monoisotopic (exact) mass is 304 g/mol. The van der Waals surface area contributed by atoms with Crippen LogP contribution in [0.15, 0.2) is 39.6 Å². The Morgan fingerprint density at radius 1 is 1.29 bits per heavy atom. The lowest BCUT2D eigenvalue weighted by Gasteiger charge is -2.14. The van der Waals surface area contributed by atoms with Crippen molar-refractivity contribution in [2.75, 3.05) is 0 Å². The van der Waals surface area contributed by atoms with Crippen molar-refractivity contribution in [1.82, 2.24) is 4.72 Å². The quantitative estimate of drug-likeness (QED) is 0.941. The van der Waals surface area contributed by atoms with E-state index < -0.39 is 16.1 Å². The van der Waals surface area contributed by atoms with Crippen molar-refractivity contribution in [3.8, 4) is 6.07 Å². The third kappa shape index (κ3) is 3.15. The van der Waals surface area contributed by atoms with Gasteiger partial charge in [0.1, 0.15) is 17.6 Å². The highest BCUT2D eigenvalue weighted by atomic mass is 32.2. The van der Waals surface area contributed by atoms with E-state index in [1.807, 2.05) is 13.0 Å². The van der Waals surface area contributed by atoms with Gasteiger partial charge in [0.15, 0.2) is 0 Å². The van der Waals surface area contributed by atoms with E-state index in [0.717, 1.165) is 11.3 Å². The minimum atomic E-state index is -3.77. The van der Waals surface area contributed by atoms with Crippen molar-refractivity contribution in [3.63, 3.8) is 0 Å². The molecule has 0 radical (unpaired) electrons.